The summed E-state index contributed by atoms with van der Waals surface area (Å²) >= 11 is 5.74. The van der Waals surface area contributed by atoms with Crippen LogP contribution in [0.5, 0.6) is 0 Å². The van der Waals surface area contributed by atoms with Crippen LogP contribution in [-0.4, -0.2) is 39.8 Å². The predicted octanol–water partition coefficient (Wildman–Crippen LogP) is 1.78. The Morgan fingerprint density at radius 3 is 2.65 bits per heavy atom. The van der Waals surface area contributed by atoms with Gasteiger partial charge in [0.15, 0.2) is 5.82 Å². The molecule has 20 heavy (non-hydrogen) atoms. The fourth-order valence-corrected chi connectivity index (χ4v) is 2.18. The summed E-state index contributed by atoms with van der Waals surface area (Å²) in [7, 11) is 0. The second-order valence-corrected chi connectivity index (χ2v) is 5.35. The molecule has 104 valence electrons. The van der Waals surface area contributed by atoms with Crippen molar-refractivity contribution in [3.8, 4) is 0 Å². The van der Waals surface area contributed by atoms with Crippen molar-refractivity contribution in [3.05, 3.63) is 35.2 Å². The van der Waals surface area contributed by atoms with E-state index in [4.69, 9.17) is 11.6 Å². The highest BCUT2D eigenvalue weighted by atomic mass is 35.5. The Morgan fingerprint density at radius 1 is 1.25 bits per heavy atom. The minimum Gasteiger partial charge on any atom is -0.354 e. The van der Waals surface area contributed by atoms with Gasteiger partial charge in [-0.25, -0.2) is 9.97 Å². The van der Waals surface area contributed by atoms with Crippen molar-refractivity contribution < 1.29 is 0 Å². The highest BCUT2D eigenvalue weighted by molar-refractivity contribution is 6.30. The largest absolute Gasteiger partial charge is 0.354 e. The number of hydrogen-bond donors (Lipinski definition) is 1. The lowest BCUT2D eigenvalue weighted by Crippen LogP contribution is -2.50. The highest BCUT2D eigenvalue weighted by Crippen LogP contribution is 2.22. The molecule has 3 heterocycles. The number of nitrogens with zero attached hydrogens (tertiary/aromatic N) is 5. The van der Waals surface area contributed by atoms with E-state index < -0.39 is 0 Å². The molecule has 1 fully saturated rings. The van der Waals surface area contributed by atoms with Crippen LogP contribution in [0.1, 0.15) is 5.69 Å². The van der Waals surface area contributed by atoms with E-state index in [0.29, 0.717) is 16.9 Å². The number of aromatic nitrogens is 4. The van der Waals surface area contributed by atoms with Crippen LogP contribution < -0.4 is 10.2 Å². The second kappa shape index (κ2) is 5.58. The van der Waals surface area contributed by atoms with Gasteiger partial charge >= 0.3 is 0 Å². The van der Waals surface area contributed by atoms with Gasteiger partial charge in [0.1, 0.15) is 0 Å². The number of halogens is 1. The van der Waals surface area contributed by atoms with Gasteiger partial charge in [-0.2, -0.15) is 5.10 Å². The van der Waals surface area contributed by atoms with Gasteiger partial charge in [0.05, 0.1) is 23.1 Å². The van der Waals surface area contributed by atoms with Crippen molar-refractivity contribution in [2.45, 2.75) is 6.92 Å². The number of anilines is 2. The van der Waals surface area contributed by atoms with Crippen LogP contribution in [0.15, 0.2) is 24.5 Å². The van der Waals surface area contributed by atoms with Crippen LogP contribution in [-0.2, 0) is 0 Å². The van der Waals surface area contributed by atoms with E-state index >= 15 is 0 Å². The topological polar surface area (TPSA) is 66.8 Å². The molecule has 2 aromatic heterocycles. The maximum Gasteiger partial charge on any atom is 0.222 e. The molecule has 2 aromatic rings. The molecule has 0 radical (unpaired) electrons. The van der Waals surface area contributed by atoms with Crippen LogP contribution in [0.2, 0.25) is 5.02 Å². The van der Waals surface area contributed by atoms with E-state index in [1.807, 2.05) is 19.1 Å². The molecule has 0 saturated carbocycles. The zero-order chi connectivity index (χ0) is 13.9. The lowest BCUT2D eigenvalue weighted by atomic mass is 10.0. The summed E-state index contributed by atoms with van der Waals surface area (Å²) in [6.45, 7) is 4.72. The maximum absolute atomic E-state index is 5.74. The van der Waals surface area contributed by atoms with Crippen molar-refractivity contribution >= 4 is 23.4 Å². The zero-order valence-electron chi connectivity index (χ0n) is 11.1. The van der Waals surface area contributed by atoms with Crippen LogP contribution in [0.4, 0.5) is 11.8 Å². The first-order valence-electron chi connectivity index (χ1n) is 6.47. The lowest BCUT2D eigenvalue weighted by Gasteiger charge is -2.39. The fraction of sp³-hybridized carbons (Fsp3) is 0.385. The third-order valence-electron chi connectivity index (χ3n) is 3.23. The maximum atomic E-state index is 5.74. The van der Waals surface area contributed by atoms with Crippen LogP contribution in [0.25, 0.3) is 0 Å². The van der Waals surface area contributed by atoms with E-state index in [9.17, 15) is 0 Å². The van der Waals surface area contributed by atoms with Gasteiger partial charge in [0, 0.05) is 25.6 Å². The van der Waals surface area contributed by atoms with Gasteiger partial charge in [0.25, 0.3) is 0 Å². The summed E-state index contributed by atoms with van der Waals surface area (Å²) in [5.74, 6) is 2.12. The Labute approximate surface area is 122 Å². The average molecular weight is 291 g/mol. The third-order valence-corrected chi connectivity index (χ3v) is 3.43. The van der Waals surface area contributed by atoms with Crippen LogP contribution >= 0.6 is 11.6 Å². The lowest BCUT2D eigenvalue weighted by molar-refractivity contribution is 0.424. The van der Waals surface area contributed by atoms with Crippen molar-refractivity contribution in [1.29, 1.82) is 0 Å². The van der Waals surface area contributed by atoms with Crippen molar-refractivity contribution in [3.63, 3.8) is 0 Å². The van der Waals surface area contributed by atoms with Crippen LogP contribution in [0, 0.1) is 12.8 Å². The molecule has 0 spiro atoms. The van der Waals surface area contributed by atoms with Gasteiger partial charge in [-0.15, -0.1) is 5.10 Å². The molecule has 1 aliphatic heterocycles. The second-order valence-electron chi connectivity index (χ2n) is 4.91. The van der Waals surface area contributed by atoms with E-state index in [1.165, 1.54) is 0 Å². The molecule has 0 bridgehead atoms. The number of nitrogens with one attached hydrogen (secondary N) is 1. The molecule has 7 heteroatoms. The summed E-state index contributed by atoms with van der Waals surface area (Å²) in [6, 6.07) is 3.99. The molecule has 0 aliphatic carbocycles. The van der Waals surface area contributed by atoms with Gasteiger partial charge in [-0.1, -0.05) is 11.6 Å². The van der Waals surface area contributed by atoms with E-state index in [0.717, 1.165) is 31.1 Å². The monoisotopic (exact) mass is 290 g/mol. The van der Waals surface area contributed by atoms with Crippen molar-refractivity contribution in [2.24, 2.45) is 5.92 Å². The van der Waals surface area contributed by atoms with Gasteiger partial charge < -0.3 is 10.2 Å². The standard InChI is InChI=1S/C13H15ClN6/c1-9-2-3-12(19-18-9)20-7-10(8-20)4-15-13-16-5-11(14)6-17-13/h2-3,5-6,10H,4,7-8H2,1H3,(H,15,16,17). The van der Waals surface area contributed by atoms with Gasteiger partial charge in [-0.05, 0) is 19.1 Å². The summed E-state index contributed by atoms with van der Waals surface area (Å²) in [4.78, 5) is 10.4. The highest BCUT2D eigenvalue weighted by Gasteiger charge is 2.27. The molecule has 0 unspecified atom stereocenters. The first-order chi connectivity index (χ1) is 9.70. The predicted molar refractivity (Wildman–Crippen MR) is 78.0 cm³/mol. The summed E-state index contributed by atoms with van der Waals surface area (Å²) in [5.41, 5.74) is 0.937. The Kier molecular flexibility index (Phi) is 3.64. The van der Waals surface area contributed by atoms with E-state index in [2.05, 4.69) is 30.4 Å². The Hall–Kier alpha value is -1.95. The quantitative estimate of drug-likeness (QED) is 0.926. The van der Waals surface area contributed by atoms with E-state index in [1.54, 1.807) is 12.4 Å². The summed E-state index contributed by atoms with van der Waals surface area (Å²) in [5, 5.41) is 12.0. The molecule has 6 nitrogen and oxygen atoms in total. The Morgan fingerprint density at radius 2 is 2.00 bits per heavy atom. The molecule has 0 amide bonds. The number of hydrogen-bond acceptors (Lipinski definition) is 6. The molecular weight excluding hydrogens is 276 g/mol. The minimum atomic E-state index is 0.545. The molecular formula is C13H15ClN6. The van der Waals surface area contributed by atoms with Gasteiger partial charge in [0.2, 0.25) is 5.95 Å². The normalized spacial score (nSPS) is 15.0. The molecule has 1 N–H and O–H groups in total. The first kappa shape index (κ1) is 13.1. The first-order valence-corrected chi connectivity index (χ1v) is 6.85. The minimum absolute atomic E-state index is 0.545. The van der Waals surface area contributed by atoms with Gasteiger partial charge in [-0.3, -0.25) is 0 Å². The third kappa shape index (κ3) is 2.96. The molecule has 3 rings (SSSR count). The number of aryl methyl sites for hydroxylation is 1. The van der Waals surface area contributed by atoms with Crippen LogP contribution in [0.3, 0.4) is 0 Å². The molecule has 1 saturated heterocycles. The summed E-state index contributed by atoms with van der Waals surface area (Å²) < 4.78 is 0. The Bertz CT molecular complexity index is 562. The molecule has 1 aliphatic rings. The summed E-state index contributed by atoms with van der Waals surface area (Å²) in [6.07, 6.45) is 3.18. The van der Waals surface area contributed by atoms with Crippen molar-refractivity contribution in [2.75, 3.05) is 29.9 Å². The fourth-order valence-electron chi connectivity index (χ4n) is 2.09. The molecule has 0 atom stereocenters. The average Bonchev–Trinajstić information content (AvgIpc) is 2.41. The molecule has 0 aromatic carbocycles. The van der Waals surface area contributed by atoms with Crippen molar-refractivity contribution in [1.82, 2.24) is 20.2 Å². The zero-order valence-corrected chi connectivity index (χ0v) is 11.9. The number of rotatable bonds is 4. The van der Waals surface area contributed by atoms with E-state index in [-0.39, 0.29) is 0 Å². The Balaban J connectivity index is 1.46. The SMILES string of the molecule is Cc1ccc(N2CC(CNc3ncc(Cl)cn3)C2)nn1. The smallest absolute Gasteiger partial charge is 0.222 e.